The molecule has 1 N–H and O–H groups in total. The summed E-state index contributed by atoms with van der Waals surface area (Å²) >= 11 is 15.6. The Balaban J connectivity index is 1.91. The molecule has 1 amide bonds. The van der Waals surface area contributed by atoms with Crippen LogP contribution in [0.2, 0.25) is 10.0 Å². The van der Waals surface area contributed by atoms with E-state index >= 15 is 0 Å². The van der Waals surface area contributed by atoms with Crippen LogP contribution in [0.25, 0.3) is 0 Å². The van der Waals surface area contributed by atoms with Gasteiger partial charge in [0.2, 0.25) is 10.0 Å². The predicted octanol–water partition coefficient (Wildman–Crippen LogP) is 6.02. The molecule has 6 nitrogen and oxygen atoms in total. The fraction of sp³-hybridized carbons (Fsp3) is 0.200. The second-order valence-electron chi connectivity index (χ2n) is 8.06. The smallest absolute Gasteiger partial charge is 0.255 e. The van der Waals surface area contributed by atoms with Gasteiger partial charge in [0.25, 0.3) is 5.91 Å². The predicted molar refractivity (Wildman–Crippen MR) is 145 cm³/mol. The van der Waals surface area contributed by atoms with Crippen LogP contribution in [-0.4, -0.2) is 31.4 Å². The van der Waals surface area contributed by atoms with E-state index in [4.69, 9.17) is 23.2 Å². The summed E-state index contributed by atoms with van der Waals surface area (Å²) in [7, 11) is -4.04. The standard InChI is InChI=1S/C25H24BrCl2N3O3S/c1-16-10-17(2)25(18(3)11-16)35(33,34)31(14-19-8-9-22(27)23(28)12-19)15-24(32)30-29-13-20-6-4-5-7-21(20)26/h4-13H,14-15H2,1-3H3,(H,30,32)/b29-13+. The van der Waals surface area contributed by atoms with E-state index in [0.29, 0.717) is 26.7 Å². The number of hydrogen-bond acceptors (Lipinski definition) is 4. The summed E-state index contributed by atoms with van der Waals surface area (Å²) in [6, 6.07) is 15.8. The minimum Gasteiger partial charge on any atom is -0.272 e. The average Bonchev–Trinajstić information content (AvgIpc) is 2.76. The normalized spacial score (nSPS) is 11.9. The first kappa shape index (κ1) is 27.4. The summed E-state index contributed by atoms with van der Waals surface area (Å²) in [6.07, 6.45) is 1.48. The SMILES string of the molecule is Cc1cc(C)c(S(=O)(=O)N(CC(=O)N/N=C/c2ccccc2Br)Cc2ccc(Cl)c(Cl)c2)c(C)c1. The number of hydrogen-bond donors (Lipinski definition) is 1. The summed E-state index contributed by atoms with van der Waals surface area (Å²) in [5, 5.41) is 4.63. The van der Waals surface area contributed by atoms with Crippen LogP contribution in [0.4, 0.5) is 0 Å². The van der Waals surface area contributed by atoms with Gasteiger partial charge in [-0.25, -0.2) is 13.8 Å². The Labute approximate surface area is 224 Å². The average molecular weight is 597 g/mol. The van der Waals surface area contributed by atoms with Crippen molar-refractivity contribution in [1.82, 2.24) is 9.73 Å². The molecule has 0 aliphatic carbocycles. The summed E-state index contributed by atoms with van der Waals surface area (Å²) in [5.41, 5.74) is 5.93. The van der Waals surface area contributed by atoms with Gasteiger partial charge < -0.3 is 0 Å². The number of aryl methyl sites for hydroxylation is 3. The van der Waals surface area contributed by atoms with Crippen LogP contribution < -0.4 is 5.43 Å². The Bertz CT molecular complexity index is 1370. The number of halogens is 3. The van der Waals surface area contributed by atoms with E-state index in [2.05, 4.69) is 26.5 Å². The summed E-state index contributed by atoms with van der Waals surface area (Å²) < 4.78 is 29.4. The van der Waals surface area contributed by atoms with Crippen molar-refractivity contribution in [3.63, 3.8) is 0 Å². The van der Waals surface area contributed by atoms with Gasteiger partial charge in [0, 0.05) is 16.6 Å². The largest absolute Gasteiger partial charge is 0.272 e. The maximum absolute atomic E-state index is 13.8. The second-order valence-corrected chi connectivity index (χ2v) is 11.6. The summed E-state index contributed by atoms with van der Waals surface area (Å²) in [6.45, 7) is 4.87. The minimum atomic E-state index is -4.04. The number of amides is 1. The van der Waals surface area contributed by atoms with Crippen molar-refractivity contribution in [2.75, 3.05) is 6.54 Å². The Morgan fingerprint density at radius 1 is 1.03 bits per heavy atom. The molecular formula is C25H24BrCl2N3O3S. The highest BCUT2D eigenvalue weighted by Crippen LogP contribution is 2.28. The molecule has 3 aromatic carbocycles. The number of carbonyl (C=O) groups is 1. The van der Waals surface area contributed by atoms with Crippen LogP contribution in [0.5, 0.6) is 0 Å². The van der Waals surface area contributed by atoms with Crippen molar-refractivity contribution in [1.29, 1.82) is 0 Å². The molecule has 0 radical (unpaired) electrons. The summed E-state index contributed by atoms with van der Waals surface area (Å²) in [5.74, 6) is -0.584. The maximum Gasteiger partial charge on any atom is 0.255 e. The molecule has 0 spiro atoms. The van der Waals surface area contributed by atoms with E-state index in [0.717, 1.165) is 19.9 Å². The van der Waals surface area contributed by atoms with E-state index in [1.54, 1.807) is 44.2 Å². The maximum atomic E-state index is 13.8. The monoisotopic (exact) mass is 595 g/mol. The van der Waals surface area contributed by atoms with Gasteiger partial charge in [0.05, 0.1) is 27.7 Å². The highest BCUT2D eigenvalue weighted by Gasteiger charge is 2.30. The van der Waals surface area contributed by atoms with Gasteiger partial charge in [-0.3, -0.25) is 4.79 Å². The van der Waals surface area contributed by atoms with Crippen molar-refractivity contribution in [2.45, 2.75) is 32.2 Å². The van der Waals surface area contributed by atoms with Gasteiger partial charge in [-0.1, -0.05) is 81.1 Å². The first-order chi connectivity index (χ1) is 16.5. The number of benzene rings is 3. The van der Waals surface area contributed by atoms with Gasteiger partial charge in [0.15, 0.2) is 0 Å². The van der Waals surface area contributed by atoms with E-state index in [1.165, 1.54) is 6.21 Å². The van der Waals surface area contributed by atoms with Crippen LogP contribution in [0.3, 0.4) is 0 Å². The van der Waals surface area contributed by atoms with Crippen LogP contribution >= 0.6 is 39.1 Å². The molecular weight excluding hydrogens is 573 g/mol. The molecule has 0 bridgehead atoms. The fourth-order valence-electron chi connectivity index (χ4n) is 3.72. The lowest BCUT2D eigenvalue weighted by Crippen LogP contribution is -2.39. The molecule has 3 rings (SSSR count). The van der Waals surface area contributed by atoms with Crippen LogP contribution in [0, 0.1) is 20.8 Å². The summed E-state index contributed by atoms with van der Waals surface area (Å²) in [4.78, 5) is 12.9. The molecule has 3 aromatic rings. The lowest BCUT2D eigenvalue weighted by molar-refractivity contribution is -0.121. The first-order valence-electron chi connectivity index (χ1n) is 10.6. The van der Waals surface area contributed by atoms with Crippen molar-refractivity contribution in [3.8, 4) is 0 Å². The second kappa shape index (κ2) is 11.7. The van der Waals surface area contributed by atoms with Gasteiger partial charge in [-0.05, 0) is 55.7 Å². The molecule has 0 fully saturated rings. The molecule has 0 aromatic heterocycles. The molecule has 0 aliphatic rings. The van der Waals surface area contributed by atoms with Gasteiger partial charge in [-0.2, -0.15) is 9.41 Å². The van der Waals surface area contributed by atoms with Crippen LogP contribution in [-0.2, 0) is 21.4 Å². The lowest BCUT2D eigenvalue weighted by Gasteiger charge is -2.24. The third-order valence-electron chi connectivity index (χ3n) is 5.16. The van der Waals surface area contributed by atoms with Crippen molar-refractivity contribution in [3.05, 3.63) is 96.9 Å². The molecule has 184 valence electrons. The topological polar surface area (TPSA) is 78.8 Å². The molecule has 0 saturated heterocycles. The van der Waals surface area contributed by atoms with E-state index < -0.39 is 22.5 Å². The molecule has 0 atom stereocenters. The Kier molecular flexibility index (Phi) is 9.12. The fourth-order valence-corrected chi connectivity index (χ4v) is 6.22. The Morgan fingerprint density at radius 2 is 1.69 bits per heavy atom. The van der Waals surface area contributed by atoms with Crippen molar-refractivity contribution in [2.24, 2.45) is 5.10 Å². The molecule has 0 heterocycles. The van der Waals surface area contributed by atoms with Crippen molar-refractivity contribution < 1.29 is 13.2 Å². The molecule has 10 heteroatoms. The Hall–Kier alpha value is -2.23. The third kappa shape index (κ3) is 6.92. The highest BCUT2D eigenvalue weighted by molar-refractivity contribution is 9.10. The Morgan fingerprint density at radius 3 is 2.31 bits per heavy atom. The quantitative estimate of drug-likeness (QED) is 0.255. The molecule has 0 unspecified atom stereocenters. The van der Waals surface area contributed by atoms with Gasteiger partial charge >= 0.3 is 0 Å². The van der Waals surface area contributed by atoms with Crippen molar-refractivity contribution >= 4 is 61.3 Å². The molecule has 35 heavy (non-hydrogen) atoms. The lowest BCUT2D eigenvalue weighted by atomic mass is 10.1. The highest BCUT2D eigenvalue weighted by atomic mass is 79.9. The van der Waals surface area contributed by atoms with Crippen LogP contribution in [0.15, 0.2) is 69.1 Å². The van der Waals surface area contributed by atoms with E-state index in [-0.39, 0.29) is 11.4 Å². The first-order valence-corrected chi connectivity index (χ1v) is 13.6. The molecule has 0 saturated carbocycles. The minimum absolute atomic E-state index is 0.0760. The zero-order valence-corrected chi connectivity index (χ0v) is 23.3. The van der Waals surface area contributed by atoms with Gasteiger partial charge in [-0.15, -0.1) is 0 Å². The van der Waals surface area contributed by atoms with E-state index in [9.17, 15) is 13.2 Å². The molecule has 0 aliphatic heterocycles. The number of nitrogens with one attached hydrogen (secondary N) is 1. The van der Waals surface area contributed by atoms with Crippen LogP contribution in [0.1, 0.15) is 27.8 Å². The number of nitrogens with zero attached hydrogens (tertiary/aromatic N) is 2. The number of rotatable bonds is 8. The zero-order valence-electron chi connectivity index (χ0n) is 19.3. The third-order valence-corrected chi connectivity index (χ3v) is 8.72. The number of carbonyl (C=O) groups excluding carboxylic acids is 1. The van der Waals surface area contributed by atoms with E-state index in [1.807, 2.05) is 31.2 Å². The number of sulfonamides is 1. The number of hydrazone groups is 1. The zero-order chi connectivity index (χ0) is 25.8. The van der Waals surface area contributed by atoms with Gasteiger partial charge in [0.1, 0.15) is 0 Å².